The molecule has 1 amide bonds. The van der Waals surface area contributed by atoms with Gasteiger partial charge >= 0.3 is 0 Å². The molecule has 3 aromatic carbocycles. The number of benzene rings is 3. The third-order valence-corrected chi connectivity index (χ3v) is 6.38. The quantitative estimate of drug-likeness (QED) is 0.266. The van der Waals surface area contributed by atoms with Crippen LogP contribution in [0.25, 0.3) is 6.08 Å². The SMILES string of the molecule is O=C1/C(=C/c2cccc(OCc3ccc(Cl)cc3)c2)S/C(=N/c2ccccn2)N1c1ccccc1. The van der Waals surface area contributed by atoms with Crippen molar-refractivity contribution >= 4 is 52.0 Å². The molecule has 7 heteroatoms. The van der Waals surface area contributed by atoms with E-state index >= 15 is 0 Å². The molecule has 172 valence electrons. The third-order valence-electron chi connectivity index (χ3n) is 5.15. The number of amidine groups is 1. The lowest BCUT2D eigenvalue weighted by molar-refractivity contribution is -0.113. The van der Waals surface area contributed by atoms with Crippen LogP contribution in [0.4, 0.5) is 11.5 Å². The molecule has 5 nitrogen and oxygen atoms in total. The number of para-hydroxylation sites is 1. The number of aromatic nitrogens is 1. The van der Waals surface area contributed by atoms with Crippen molar-refractivity contribution in [1.29, 1.82) is 0 Å². The van der Waals surface area contributed by atoms with Crippen LogP contribution in [0.15, 0.2) is 113 Å². The maximum absolute atomic E-state index is 13.4. The van der Waals surface area contributed by atoms with Crippen LogP contribution in [0.5, 0.6) is 5.75 Å². The molecule has 0 radical (unpaired) electrons. The van der Waals surface area contributed by atoms with Crippen molar-refractivity contribution in [3.8, 4) is 5.75 Å². The molecule has 0 unspecified atom stereocenters. The highest BCUT2D eigenvalue weighted by Crippen LogP contribution is 2.37. The normalized spacial score (nSPS) is 15.7. The zero-order valence-electron chi connectivity index (χ0n) is 18.5. The first kappa shape index (κ1) is 22.9. The van der Waals surface area contributed by atoms with Crippen molar-refractivity contribution in [2.75, 3.05) is 4.90 Å². The average molecular weight is 498 g/mol. The molecule has 5 rings (SSSR count). The molecule has 0 spiro atoms. The number of thioether (sulfide) groups is 1. The van der Waals surface area contributed by atoms with E-state index in [1.807, 2.05) is 103 Å². The summed E-state index contributed by atoms with van der Waals surface area (Å²) in [6.07, 6.45) is 3.54. The number of amides is 1. The highest BCUT2D eigenvalue weighted by Gasteiger charge is 2.34. The second-order valence-electron chi connectivity index (χ2n) is 7.66. The summed E-state index contributed by atoms with van der Waals surface area (Å²) in [5, 5.41) is 1.25. The molecule has 0 bridgehead atoms. The Morgan fingerprint density at radius 1 is 0.943 bits per heavy atom. The molecule has 1 aliphatic rings. The summed E-state index contributed by atoms with van der Waals surface area (Å²) in [7, 11) is 0. The fraction of sp³-hybridized carbons (Fsp3) is 0.0357. The number of halogens is 1. The Balaban J connectivity index is 1.41. The monoisotopic (exact) mass is 497 g/mol. The molecule has 0 saturated carbocycles. The Labute approximate surface area is 212 Å². The van der Waals surface area contributed by atoms with Crippen LogP contribution in [0.2, 0.25) is 5.02 Å². The summed E-state index contributed by atoms with van der Waals surface area (Å²) in [5.74, 6) is 1.12. The van der Waals surface area contributed by atoms with E-state index in [0.29, 0.717) is 33.3 Å². The molecule has 1 aromatic heterocycles. The van der Waals surface area contributed by atoms with Crippen LogP contribution in [-0.4, -0.2) is 16.1 Å². The van der Waals surface area contributed by atoms with Crippen molar-refractivity contribution in [3.63, 3.8) is 0 Å². The summed E-state index contributed by atoms with van der Waals surface area (Å²) in [6, 6.07) is 30.2. The predicted octanol–water partition coefficient (Wildman–Crippen LogP) is 7.12. The van der Waals surface area contributed by atoms with Crippen LogP contribution in [0.1, 0.15) is 11.1 Å². The summed E-state index contributed by atoms with van der Waals surface area (Å²) >= 11 is 7.28. The van der Waals surface area contributed by atoms with Crippen molar-refractivity contribution in [3.05, 3.63) is 124 Å². The standard InChI is InChI=1S/C28H20ClN3O2S/c29-22-14-12-20(13-15-22)19-34-24-10-6-7-21(17-24)18-25-27(33)32(23-8-2-1-3-9-23)28(35-25)31-26-11-4-5-16-30-26/h1-18H,19H2/b25-18-,31-28+. The molecule has 0 atom stereocenters. The van der Waals surface area contributed by atoms with E-state index in [4.69, 9.17) is 16.3 Å². The Morgan fingerprint density at radius 2 is 1.74 bits per heavy atom. The van der Waals surface area contributed by atoms with Gasteiger partial charge in [0.2, 0.25) is 0 Å². The smallest absolute Gasteiger partial charge is 0.271 e. The molecule has 1 fully saturated rings. The first-order valence-corrected chi connectivity index (χ1v) is 12.1. The lowest BCUT2D eigenvalue weighted by Gasteiger charge is -2.15. The zero-order valence-corrected chi connectivity index (χ0v) is 20.1. The lowest BCUT2D eigenvalue weighted by atomic mass is 10.2. The number of nitrogens with zero attached hydrogens (tertiary/aromatic N) is 3. The van der Waals surface area contributed by atoms with Crippen LogP contribution < -0.4 is 9.64 Å². The van der Waals surface area contributed by atoms with E-state index in [-0.39, 0.29) is 5.91 Å². The van der Waals surface area contributed by atoms with Gasteiger partial charge in [-0.25, -0.2) is 9.98 Å². The lowest BCUT2D eigenvalue weighted by Crippen LogP contribution is -2.28. The molecule has 4 aromatic rings. The number of rotatable bonds is 6. The van der Waals surface area contributed by atoms with Crippen molar-refractivity contribution < 1.29 is 9.53 Å². The molecule has 0 N–H and O–H groups in total. The van der Waals surface area contributed by atoms with E-state index in [0.717, 1.165) is 16.8 Å². The number of carbonyl (C=O) groups excluding carboxylic acids is 1. The van der Waals surface area contributed by atoms with Gasteiger partial charge in [0.1, 0.15) is 12.4 Å². The second-order valence-corrected chi connectivity index (χ2v) is 9.10. The van der Waals surface area contributed by atoms with Crippen molar-refractivity contribution in [2.24, 2.45) is 4.99 Å². The Kier molecular flexibility index (Phi) is 6.93. The molecule has 35 heavy (non-hydrogen) atoms. The zero-order chi connectivity index (χ0) is 24.0. The molecule has 2 heterocycles. The van der Waals surface area contributed by atoms with Gasteiger partial charge in [0, 0.05) is 11.2 Å². The molecule has 1 aliphatic heterocycles. The predicted molar refractivity (Wildman–Crippen MR) is 143 cm³/mol. The maximum Gasteiger partial charge on any atom is 0.271 e. The van der Waals surface area contributed by atoms with E-state index in [1.165, 1.54) is 11.8 Å². The van der Waals surface area contributed by atoms with Gasteiger partial charge in [-0.1, -0.05) is 60.1 Å². The summed E-state index contributed by atoms with van der Waals surface area (Å²) < 4.78 is 5.95. The summed E-state index contributed by atoms with van der Waals surface area (Å²) in [5.41, 5.74) is 2.64. The van der Waals surface area contributed by atoms with Gasteiger partial charge in [-0.05, 0) is 77.5 Å². The largest absolute Gasteiger partial charge is 0.489 e. The van der Waals surface area contributed by atoms with Crippen molar-refractivity contribution in [2.45, 2.75) is 6.61 Å². The number of pyridine rings is 1. The number of carbonyl (C=O) groups is 1. The fourth-order valence-electron chi connectivity index (χ4n) is 3.46. The van der Waals surface area contributed by atoms with Gasteiger partial charge < -0.3 is 4.74 Å². The first-order valence-electron chi connectivity index (χ1n) is 10.9. The Morgan fingerprint density at radius 3 is 2.51 bits per heavy atom. The topological polar surface area (TPSA) is 54.8 Å². The number of anilines is 1. The van der Waals surface area contributed by atoms with Crippen LogP contribution >= 0.6 is 23.4 Å². The number of hydrogen-bond donors (Lipinski definition) is 0. The minimum absolute atomic E-state index is 0.136. The highest BCUT2D eigenvalue weighted by molar-refractivity contribution is 8.19. The molecular formula is C28H20ClN3O2S. The first-order chi connectivity index (χ1) is 17.2. The van der Waals surface area contributed by atoms with E-state index < -0.39 is 0 Å². The Bertz CT molecular complexity index is 1390. The third kappa shape index (κ3) is 5.62. The molecule has 1 saturated heterocycles. The van der Waals surface area contributed by atoms with Gasteiger partial charge in [-0.15, -0.1) is 0 Å². The van der Waals surface area contributed by atoms with Crippen LogP contribution in [0.3, 0.4) is 0 Å². The van der Waals surface area contributed by atoms with E-state index in [2.05, 4.69) is 9.98 Å². The van der Waals surface area contributed by atoms with Crippen LogP contribution in [-0.2, 0) is 11.4 Å². The van der Waals surface area contributed by atoms with Crippen molar-refractivity contribution in [1.82, 2.24) is 4.98 Å². The molecule has 0 aliphatic carbocycles. The minimum Gasteiger partial charge on any atom is -0.489 e. The van der Waals surface area contributed by atoms with Gasteiger partial charge in [0.25, 0.3) is 5.91 Å². The minimum atomic E-state index is -0.136. The van der Waals surface area contributed by atoms with Gasteiger partial charge in [-0.3, -0.25) is 9.69 Å². The van der Waals surface area contributed by atoms with Gasteiger partial charge in [0.05, 0.1) is 10.6 Å². The average Bonchev–Trinajstić information content (AvgIpc) is 3.19. The van der Waals surface area contributed by atoms with Crippen LogP contribution in [0, 0.1) is 0 Å². The fourth-order valence-corrected chi connectivity index (χ4v) is 4.58. The van der Waals surface area contributed by atoms with Gasteiger partial charge in [-0.2, -0.15) is 0 Å². The summed E-state index contributed by atoms with van der Waals surface area (Å²) in [4.78, 5) is 24.5. The number of hydrogen-bond acceptors (Lipinski definition) is 5. The highest BCUT2D eigenvalue weighted by atomic mass is 35.5. The van der Waals surface area contributed by atoms with E-state index in [9.17, 15) is 4.79 Å². The number of ether oxygens (including phenoxy) is 1. The van der Waals surface area contributed by atoms with Gasteiger partial charge in [0.15, 0.2) is 11.0 Å². The molecular weight excluding hydrogens is 478 g/mol. The second kappa shape index (κ2) is 10.6. The Hall–Kier alpha value is -3.87. The maximum atomic E-state index is 13.4. The van der Waals surface area contributed by atoms with E-state index in [1.54, 1.807) is 11.1 Å². The number of aliphatic imine (C=N–C) groups is 1. The summed E-state index contributed by atoms with van der Waals surface area (Å²) in [6.45, 7) is 0.424.